The minimum atomic E-state index is -0.219. The molecular formula is C16H20N2O2. The van der Waals surface area contributed by atoms with E-state index in [1.807, 2.05) is 32.0 Å². The predicted octanol–water partition coefficient (Wildman–Crippen LogP) is 2.57. The number of carbonyl (C=O) groups is 2. The molecule has 1 aliphatic rings. The summed E-state index contributed by atoms with van der Waals surface area (Å²) in [5.41, 5.74) is 7.37. The van der Waals surface area contributed by atoms with Gasteiger partial charge in [0.05, 0.1) is 16.9 Å². The van der Waals surface area contributed by atoms with Crippen LogP contribution in [0, 0.1) is 5.41 Å². The molecule has 0 aromatic heterocycles. The second kappa shape index (κ2) is 5.49. The molecule has 0 aliphatic heterocycles. The monoisotopic (exact) mass is 272 g/mol. The van der Waals surface area contributed by atoms with E-state index in [-0.39, 0.29) is 17.0 Å². The average Bonchev–Trinajstić information content (AvgIpc) is 2.33. The number of para-hydroxylation sites is 2. The summed E-state index contributed by atoms with van der Waals surface area (Å²) in [7, 11) is 0. The second-order valence-electron chi connectivity index (χ2n) is 5.95. The smallest absolute Gasteiger partial charge is 0.166 e. The van der Waals surface area contributed by atoms with Crippen LogP contribution < -0.4 is 11.1 Å². The fourth-order valence-corrected chi connectivity index (χ4v) is 2.43. The third-order valence-electron chi connectivity index (χ3n) is 3.44. The molecule has 1 saturated carbocycles. The Bertz CT molecular complexity index is 552. The Morgan fingerprint density at radius 3 is 2.40 bits per heavy atom. The van der Waals surface area contributed by atoms with Crippen LogP contribution in [-0.2, 0) is 9.59 Å². The lowest BCUT2D eigenvalue weighted by Gasteiger charge is -2.28. The molecule has 0 spiro atoms. The van der Waals surface area contributed by atoms with Gasteiger partial charge in [-0.3, -0.25) is 9.59 Å². The molecule has 0 unspecified atom stereocenters. The van der Waals surface area contributed by atoms with E-state index in [1.165, 1.54) is 0 Å². The highest BCUT2D eigenvalue weighted by atomic mass is 16.1. The number of nitrogens with two attached hydrogens (primary N) is 1. The molecule has 1 fully saturated rings. The predicted molar refractivity (Wildman–Crippen MR) is 80.5 cm³/mol. The van der Waals surface area contributed by atoms with Gasteiger partial charge >= 0.3 is 0 Å². The lowest BCUT2D eigenvalue weighted by atomic mass is 9.74. The molecule has 3 N–H and O–H groups in total. The average molecular weight is 272 g/mol. The van der Waals surface area contributed by atoms with E-state index in [1.54, 1.807) is 12.1 Å². The number of Topliss-reactive ketones (excluding diaryl/α,β-unsaturated/α-hetero) is 2. The highest BCUT2D eigenvalue weighted by molar-refractivity contribution is 6.22. The normalized spacial score (nSPS) is 18.0. The van der Waals surface area contributed by atoms with E-state index < -0.39 is 0 Å². The molecule has 4 heteroatoms. The van der Waals surface area contributed by atoms with E-state index in [4.69, 9.17) is 5.73 Å². The van der Waals surface area contributed by atoms with E-state index in [9.17, 15) is 9.59 Å². The first-order valence-electron chi connectivity index (χ1n) is 6.74. The number of carbonyl (C=O) groups excluding carboxylic acids is 2. The molecule has 1 aromatic rings. The zero-order chi connectivity index (χ0) is 14.8. The number of hydrogen-bond donors (Lipinski definition) is 2. The minimum absolute atomic E-state index is 0.0610. The van der Waals surface area contributed by atoms with Crippen molar-refractivity contribution in [2.24, 2.45) is 5.41 Å². The molecule has 0 radical (unpaired) electrons. The summed E-state index contributed by atoms with van der Waals surface area (Å²) in [5.74, 6) is -0.122. The summed E-state index contributed by atoms with van der Waals surface area (Å²) in [5, 5.41) is 3.12. The number of hydrogen-bond acceptors (Lipinski definition) is 4. The zero-order valence-electron chi connectivity index (χ0n) is 11.9. The molecule has 0 atom stereocenters. The van der Waals surface area contributed by atoms with Crippen LogP contribution >= 0.6 is 0 Å². The molecule has 20 heavy (non-hydrogen) atoms. The molecule has 0 saturated heterocycles. The van der Waals surface area contributed by atoms with Crippen molar-refractivity contribution >= 4 is 22.9 Å². The molecule has 0 amide bonds. The SMILES string of the molecule is CC1(C)CC(=O)C(=CCNc2ccccc2N)C(=O)C1. The first kappa shape index (κ1) is 14.3. The van der Waals surface area contributed by atoms with Crippen molar-refractivity contribution in [3.63, 3.8) is 0 Å². The van der Waals surface area contributed by atoms with Gasteiger partial charge in [-0.05, 0) is 17.5 Å². The van der Waals surface area contributed by atoms with Crippen LogP contribution in [0.2, 0.25) is 0 Å². The van der Waals surface area contributed by atoms with E-state index in [2.05, 4.69) is 5.32 Å². The van der Waals surface area contributed by atoms with E-state index in [0.717, 1.165) is 5.69 Å². The van der Waals surface area contributed by atoms with Crippen molar-refractivity contribution in [3.05, 3.63) is 35.9 Å². The summed E-state index contributed by atoms with van der Waals surface area (Å²) < 4.78 is 0. The fourth-order valence-electron chi connectivity index (χ4n) is 2.43. The Kier molecular flexibility index (Phi) is 3.93. The number of benzene rings is 1. The lowest BCUT2D eigenvalue weighted by molar-refractivity contribution is -0.127. The highest BCUT2D eigenvalue weighted by Crippen LogP contribution is 2.33. The summed E-state index contributed by atoms with van der Waals surface area (Å²) in [4.78, 5) is 24.0. The minimum Gasteiger partial charge on any atom is -0.397 e. The van der Waals surface area contributed by atoms with Crippen LogP contribution in [0.5, 0.6) is 0 Å². The molecule has 1 aliphatic carbocycles. The maximum absolute atomic E-state index is 12.0. The topological polar surface area (TPSA) is 72.2 Å². The van der Waals surface area contributed by atoms with Crippen LogP contribution in [0.25, 0.3) is 0 Å². The Labute approximate surface area is 119 Å². The molecule has 106 valence electrons. The van der Waals surface area contributed by atoms with Gasteiger partial charge in [-0.25, -0.2) is 0 Å². The van der Waals surface area contributed by atoms with Gasteiger partial charge in [-0.2, -0.15) is 0 Å². The number of ketones is 2. The van der Waals surface area contributed by atoms with Crippen LogP contribution in [0.4, 0.5) is 11.4 Å². The quantitative estimate of drug-likeness (QED) is 0.504. The molecule has 1 aromatic carbocycles. The largest absolute Gasteiger partial charge is 0.397 e. The Balaban J connectivity index is 2.03. The summed E-state index contributed by atoms with van der Waals surface area (Å²) in [6, 6.07) is 7.40. The molecule has 4 nitrogen and oxygen atoms in total. The van der Waals surface area contributed by atoms with Crippen LogP contribution in [0.1, 0.15) is 26.7 Å². The lowest BCUT2D eigenvalue weighted by Crippen LogP contribution is -2.31. The maximum atomic E-state index is 12.0. The first-order valence-corrected chi connectivity index (χ1v) is 6.74. The zero-order valence-corrected chi connectivity index (χ0v) is 11.9. The summed E-state index contributed by atoms with van der Waals surface area (Å²) >= 11 is 0. The van der Waals surface area contributed by atoms with Crippen LogP contribution in [0.3, 0.4) is 0 Å². The van der Waals surface area contributed by atoms with Gasteiger partial charge in [0.1, 0.15) is 0 Å². The number of rotatable bonds is 3. The van der Waals surface area contributed by atoms with Crippen LogP contribution in [-0.4, -0.2) is 18.1 Å². The van der Waals surface area contributed by atoms with Gasteiger partial charge < -0.3 is 11.1 Å². The third kappa shape index (κ3) is 3.26. The third-order valence-corrected chi connectivity index (χ3v) is 3.44. The Morgan fingerprint density at radius 2 is 1.80 bits per heavy atom. The number of anilines is 2. The van der Waals surface area contributed by atoms with Crippen molar-refractivity contribution in [1.29, 1.82) is 0 Å². The van der Waals surface area contributed by atoms with Gasteiger partial charge in [0.15, 0.2) is 11.6 Å². The van der Waals surface area contributed by atoms with Crippen molar-refractivity contribution in [1.82, 2.24) is 0 Å². The van der Waals surface area contributed by atoms with Gasteiger partial charge in [0.25, 0.3) is 0 Å². The van der Waals surface area contributed by atoms with Crippen molar-refractivity contribution in [2.75, 3.05) is 17.6 Å². The maximum Gasteiger partial charge on any atom is 0.166 e. The Morgan fingerprint density at radius 1 is 1.20 bits per heavy atom. The molecule has 0 heterocycles. The van der Waals surface area contributed by atoms with E-state index in [0.29, 0.717) is 30.6 Å². The molecular weight excluding hydrogens is 252 g/mol. The number of allylic oxidation sites excluding steroid dienone is 1. The van der Waals surface area contributed by atoms with Crippen LogP contribution in [0.15, 0.2) is 35.9 Å². The van der Waals surface area contributed by atoms with Gasteiger partial charge in [0.2, 0.25) is 0 Å². The van der Waals surface area contributed by atoms with Crippen molar-refractivity contribution in [2.45, 2.75) is 26.7 Å². The van der Waals surface area contributed by atoms with Gasteiger partial charge in [-0.15, -0.1) is 0 Å². The first-order chi connectivity index (χ1) is 9.39. The standard InChI is InChI=1S/C16H20N2O2/c1-16(2)9-14(19)11(15(20)10-16)7-8-18-13-6-4-3-5-12(13)17/h3-7,18H,8-10,17H2,1-2H3. The summed E-state index contributed by atoms with van der Waals surface area (Å²) in [6.07, 6.45) is 2.53. The fraction of sp³-hybridized carbons (Fsp3) is 0.375. The second-order valence-corrected chi connectivity index (χ2v) is 5.95. The van der Waals surface area contributed by atoms with E-state index >= 15 is 0 Å². The molecule has 2 rings (SSSR count). The number of nitrogens with one attached hydrogen (secondary N) is 1. The van der Waals surface area contributed by atoms with Crippen molar-refractivity contribution < 1.29 is 9.59 Å². The van der Waals surface area contributed by atoms with Crippen molar-refractivity contribution in [3.8, 4) is 0 Å². The highest BCUT2D eigenvalue weighted by Gasteiger charge is 2.35. The Hall–Kier alpha value is -2.10. The van der Waals surface area contributed by atoms with Gasteiger partial charge in [0, 0.05) is 19.4 Å². The number of nitrogen functional groups attached to an aromatic ring is 1. The molecule has 0 bridgehead atoms. The van der Waals surface area contributed by atoms with Gasteiger partial charge in [-0.1, -0.05) is 32.1 Å². The summed E-state index contributed by atoms with van der Waals surface area (Å²) in [6.45, 7) is 4.31.